The number of nitrogens with zero attached hydrogens (tertiary/aromatic N) is 5. The summed E-state index contributed by atoms with van der Waals surface area (Å²) < 4.78 is 2.05. The Balaban J connectivity index is 1.59. The average Bonchev–Trinajstić information content (AvgIpc) is 3.41. The molecule has 0 aliphatic carbocycles. The fraction of sp³-hybridized carbons (Fsp3) is 0.286. The molecule has 6 nitrogen and oxygen atoms in total. The highest BCUT2D eigenvalue weighted by Crippen LogP contribution is 2.28. The van der Waals surface area contributed by atoms with E-state index in [1.807, 2.05) is 10.9 Å². The second kappa shape index (κ2) is 7.24. The lowest BCUT2D eigenvalue weighted by atomic mass is 10.0. The second-order valence-electron chi connectivity index (χ2n) is 7.01. The maximum Gasteiger partial charge on any atom is 0.229 e. The number of fused-ring (bicyclic) bond motifs is 2. The van der Waals surface area contributed by atoms with Crippen molar-refractivity contribution in [3.8, 4) is 5.69 Å². The van der Waals surface area contributed by atoms with E-state index in [-0.39, 0.29) is 0 Å². The van der Waals surface area contributed by atoms with Crippen LogP contribution in [0.1, 0.15) is 24.5 Å². The van der Waals surface area contributed by atoms with Crippen LogP contribution in [0.3, 0.4) is 0 Å². The lowest BCUT2D eigenvalue weighted by molar-refractivity contribution is 0.709. The number of nitrogens with one attached hydrogen (secondary N) is 1. The predicted octanol–water partition coefficient (Wildman–Crippen LogP) is 4.26. The van der Waals surface area contributed by atoms with Gasteiger partial charge in [0.15, 0.2) is 17.0 Å². The van der Waals surface area contributed by atoms with Gasteiger partial charge in [-0.25, -0.2) is 4.98 Å². The highest BCUT2D eigenvalue weighted by molar-refractivity contribution is 7.08. The molecular weight excluding hydrogens is 368 g/mol. The molecule has 0 radical (unpaired) electrons. The molecule has 0 spiro atoms. The minimum atomic E-state index is 0.762. The Bertz CT molecular complexity index is 1100. The Morgan fingerprint density at radius 1 is 1.14 bits per heavy atom. The van der Waals surface area contributed by atoms with Gasteiger partial charge in [-0.1, -0.05) is 31.2 Å². The molecule has 0 saturated carbocycles. The van der Waals surface area contributed by atoms with Crippen molar-refractivity contribution >= 4 is 34.3 Å². The monoisotopic (exact) mass is 390 g/mol. The summed E-state index contributed by atoms with van der Waals surface area (Å²) >= 11 is 1.67. The number of rotatable bonds is 5. The van der Waals surface area contributed by atoms with Gasteiger partial charge >= 0.3 is 0 Å². The Kier molecular flexibility index (Phi) is 4.44. The number of benzene rings is 1. The van der Waals surface area contributed by atoms with E-state index in [9.17, 15) is 0 Å². The van der Waals surface area contributed by atoms with Crippen LogP contribution < -0.4 is 10.2 Å². The maximum atomic E-state index is 4.94. The van der Waals surface area contributed by atoms with Crippen LogP contribution in [-0.4, -0.2) is 32.6 Å². The number of imidazole rings is 1. The standard InChI is InChI=1S/C21H22N6S/c1-2-9-22-19-18-20(27(14-23-18)17-8-11-28-13-17)25-21(24-19)26-10-7-15-5-3-4-6-16(15)12-26/h3-6,8,11,13-14H,2,7,9-10,12H2,1H3,(H,22,24,25). The summed E-state index contributed by atoms with van der Waals surface area (Å²) in [6.45, 7) is 4.77. The molecule has 0 amide bonds. The topological polar surface area (TPSA) is 58.9 Å². The quantitative estimate of drug-likeness (QED) is 0.552. The van der Waals surface area contributed by atoms with E-state index >= 15 is 0 Å². The zero-order valence-corrected chi connectivity index (χ0v) is 16.6. The van der Waals surface area contributed by atoms with Crippen molar-refractivity contribution in [2.75, 3.05) is 23.3 Å². The molecule has 0 atom stereocenters. The smallest absolute Gasteiger partial charge is 0.229 e. The van der Waals surface area contributed by atoms with Gasteiger partial charge in [0, 0.05) is 25.0 Å². The van der Waals surface area contributed by atoms with Crippen LogP contribution in [0, 0.1) is 0 Å². The van der Waals surface area contributed by atoms with Gasteiger partial charge in [-0.05, 0) is 35.4 Å². The molecule has 0 unspecified atom stereocenters. The molecule has 142 valence electrons. The normalized spacial score (nSPS) is 13.7. The maximum absolute atomic E-state index is 4.94. The van der Waals surface area contributed by atoms with Crippen LogP contribution in [0.4, 0.5) is 11.8 Å². The summed E-state index contributed by atoms with van der Waals surface area (Å²) in [7, 11) is 0. The first-order chi connectivity index (χ1) is 13.8. The molecule has 7 heteroatoms. The van der Waals surface area contributed by atoms with Gasteiger partial charge in [-0.2, -0.15) is 21.3 Å². The largest absolute Gasteiger partial charge is 0.368 e. The Morgan fingerprint density at radius 2 is 2.04 bits per heavy atom. The molecule has 0 saturated heterocycles. The van der Waals surface area contributed by atoms with Crippen LogP contribution >= 0.6 is 11.3 Å². The number of hydrogen-bond acceptors (Lipinski definition) is 6. The molecule has 0 fully saturated rings. The first kappa shape index (κ1) is 17.2. The molecule has 1 aliphatic heterocycles. The first-order valence-electron chi connectivity index (χ1n) is 9.66. The van der Waals surface area contributed by atoms with E-state index in [0.29, 0.717) is 0 Å². The van der Waals surface area contributed by atoms with E-state index in [2.05, 4.69) is 63.2 Å². The summed E-state index contributed by atoms with van der Waals surface area (Å²) in [5, 5.41) is 7.62. The lowest BCUT2D eigenvalue weighted by Gasteiger charge is -2.29. The number of thiophene rings is 1. The Morgan fingerprint density at radius 3 is 2.86 bits per heavy atom. The molecule has 3 aromatic heterocycles. The van der Waals surface area contributed by atoms with Gasteiger partial charge in [0.25, 0.3) is 0 Å². The number of hydrogen-bond donors (Lipinski definition) is 1. The molecule has 4 heterocycles. The molecule has 1 aromatic carbocycles. The van der Waals surface area contributed by atoms with Crippen LogP contribution in [-0.2, 0) is 13.0 Å². The third-order valence-corrected chi connectivity index (χ3v) is 5.80. The van der Waals surface area contributed by atoms with Gasteiger partial charge in [0.05, 0.1) is 5.69 Å². The highest BCUT2D eigenvalue weighted by Gasteiger charge is 2.21. The van der Waals surface area contributed by atoms with E-state index in [1.54, 1.807) is 11.3 Å². The zero-order valence-electron chi connectivity index (χ0n) is 15.8. The molecule has 5 rings (SSSR count). The fourth-order valence-corrected chi connectivity index (χ4v) is 4.27. The van der Waals surface area contributed by atoms with E-state index in [4.69, 9.17) is 9.97 Å². The third kappa shape index (κ3) is 3.01. The molecule has 4 aromatic rings. The molecule has 1 aliphatic rings. The minimum Gasteiger partial charge on any atom is -0.368 e. The van der Waals surface area contributed by atoms with Crippen molar-refractivity contribution in [3.05, 3.63) is 58.5 Å². The van der Waals surface area contributed by atoms with Crippen molar-refractivity contribution in [1.29, 1.82) is 0 Å². The average molecular weight is 391 g/mol. The number of anilines is 2. The van der Waals surface area contributed by atoms with Crippen LogP contribution in [0.15, 0.2) is 47.4 Å². The first-order valence-corrected chi connectivity index (χ1v) is 10.6. The van der Waals surface area contributed by atoms with E-state index in [0.717, 1.165) is 61.1 Å². The van der Waals surface area contributed by atoms with Crippen LogP contribution in [0.5, 0.6) is 0 Å². The minimum absolute atomic E-state index is 0.762. The lowest BCUT2D eigenvalue weighted by Crippen LogP contribution is -2.32. The molecule has 1 N–H and O–H groups in total. The van der Waals surface area contributed by atoms with Gasteiger partial charge in [-0.15, -0.1) is 0 Å². The van der Waals surface area contributed by atoms with Gasteiger partial charge in [0.1, 0.15) is 6.33 Å². The van der Waals surface area contributed by atoms with Crippen molar-refractivity contribution in [2.45, 2.75) is 26.3 Å². The van der Waals surface area contributed by atoms with E-state index in [1.165, 1.54) is 11.1 Å². The molecular formula is C21H22N6S. The van der Waals surface area contributed by atoms with Crippen LogP contribution in [0.2, 0.25) is 0 Å². The van der Waals surface area contributed by atoms with Crippen molar-refractivity contribution in [1.82, 2.24) is 19.5 Å². The molecule has 28 heavy (non-hydrogen) atoms. The van der Waals surface area contributed by atoms with Crippen LogP contribution in [0.25, 0.3) is 16.9 Å². The summed E-state index contributed by atoms with van der Waals surface area (Å²) in [5.74, 6) is 1.58. The number of aromatic nitrogens is 4. The fourth-order valence-electron chi connectivity index (χ4n) is 3.65. The van der Waals surface area contributed by atoms with Crippen molar-refractivity contribution in [3.63, 3.8) is 0 Å². The second-order valence-corrected chi connectivity index (χ2v) is 7.79. The SMILES string of the molecule is CCCNc1nc(N2CCc3ccccc3C2)nc2c1ncn2-c1ccsc1. The third-order valence-electron chi connectivity index (χ3n) is 5.12. The van der Waals surface area contributed by atoms with Crippen molar-refractivity contribution in [2.24, 2.45) is 0 Å². The zero-order chi connectivity index (χ0) is 18.9. The van der Waals surface area contributed by atoms with Gasteiger partial charge in [0.2, 0.25) is 5.95 Å². The summed E-state index contributed by atoms with van der Waals surface area (Å²) in [4.78, 5) is 16.7. The Labute approximate surface area is 167 Å². The summed E-state index contributed by atoms with van der Waals surface area (Å²) in [5.41, 5.74) is 5.53. The molecule has 0 bridgehead atoms. The Hall–Kier alpha value is -2.93. The van der Waals surface area contributed by atoms with Gasteiger partial charge < -0.3 is 10.2 Å². The van der Waals surface area contributed by atoms with Crippen molar-refractivity contribution < 1.29 is 0 Å². The summed E-state index contributed by atoms with van der Waals surface area (Å²) in [6.07, 6.45) is 3.88. The van der Waals surface area contributed by atoms with E-state index < -0.39 is 0 Å². The highest BCUT2D eigenvalue weighted by atomic mass is 32.1. The summed E-state index contributed by atoms with van der Waals surface area (Å²) in [6, 6.07) is 10.7. The predicted molar refractivity (Wildman–Crippen MR) is 115 cm³/mol. The van der Waals surface area contributed by atoms with Gasteiger partial charge in [-0.3, -0.25) is 4.57 Å².